The van der Waals surface area contributed by atoms with Gasteiger partial charge in [-0.2, -0.15) is 0 Å². The van der Waals surface area contributed by atoms with Crippen LogP contribution in [0.25, 0.3) is 0 Å². The largest absolute Gasteiger partial charge is 0.294 e. The van der Waals surface area contributed by atoms with Crippen LogP contribution in [0, 0.1) is 10.1 Å². The number of carbonyl (C=O) groups excluding carboxylic acids is 1. The lowest BCUT2D eigenvalue weighted by Crippen LogP contribution is -2.03. The van der Waals surface area contributed by atoms with Gasteiger partial charge in [-0.05, 0) is 13.0 Å². The zero-order chi connectivity index (χ0) is 12.5. The van der Waals surface area contributed by atoms with Crippen molar-refractivity contribution in [1.82, 2.24) is 0 Å². The van der Waals surface area contributed by atoms with Crippen LogP contribution in [0.2, 0.25) is 0 Å². The number of nitrogens with zero attached hydrogens (tertiary/aromatic N) is 1. The summed E-state index contributed by atoms with van der Waals surface area (Å²) in [6.07, 6.45) is 0. The van der Waals surface area contributed by atoms with Crippen LogP contribution in [-0.2, 0) is 9.05 Å². The Morgan fingerprint density at radius 3 is 2.38 bits per heavy atom. The van der Waals surface area contributed by atoms with Gasteiger partial charge < -0.3 is 0 Å². The highest BCUT2D eigenvalue weighted by Crippen LogP contribution is 2.25. The molecule has 0 unspecified atom stereocenters. The highest BCUT2D eigenvalue weighted by atomic mass is 35.7. The van der Waals surface area contributed by atoms with Crippen molar-refractivity contribution in [2.75, 3.05) is 0 Å². The normalized spacial score (nSPS) is 11.1. The molecule has 6 nitrogen and oxygen atoms in total. The third-order valence-corrected chi connectivity index (χ3v) is 3.18. The van der Waals surface area contributed by atoms with Crippen molar-refractivity contribution < 1.29 is 18.1 Å². The van der Waals surface area contributed by atoms with Crippen LogP contribution in [0.15, 0.2) is 23.1 Å². The molecule has 0 N–H and O–H groups in total. The number of carbonyl (C=O) groups is 1. The average Bonchev–Trinajstić information content (AvgIpc) is 2.15. The summed E-state index contributed by atoms with van der Waals surface area (Å²) in [5.74, 6) is -0.533. The number of hydrogen-bond acceptors (Lipinski definition) is 5. The van der Waals surface area contributed by atoms with E-state index in [2.05, 4.69) is 0 Å². The van der Waals surface area contributed by atoms with Crippen molar-refractivity contribution in [3.05, 3.63) is 33.9 Å². The lowest BCUT2D eigenvalue weighted by Gasteiger charge is -2.02. The van der Waals surface area contributed by atoms with Crippen LogP contribution in [0.1, 0.15) is 17.3 Å². The van der Waals surface area contributed by atoms with Gasteiger partial charge in [0.15, 0.2) is 5.78 Å². The number of non-ortho nitro benzene ring substituents is 1. The smallest absolute Gasteiger partial charge is 0.270 e. The molecule has 1 aromatic rings. The van der Waals surface area contributed by atoms with E-state index < -0.39 is 30.3 Å². The quantitative estimate of drug-likeness (QED) is 0.358. The second-order valence-electron chi connectivity index (χ2n) is 2.93. The molecule has 0 atom stereocenters. The number of ketones is 1. The maximum absolute atomic E-state index is 11.1. The molecule has 0 aromatic heterocycles. The number of benzene rings is 1. The molecule has 0 aliphatic rings. The van der Waals surface area contributed by atoms with E-state index in [1.807, 2.05) is 0 Å². The number of rotatable bonds is 3. The van der Waals surface area contributed by atoms with Gasteiger partial charge in [-0.3, -0.25) is 14.9 Å². The number of halogens is 1. The molecule has 0 spiro atoms. The standard InChI is InChI=1S/C8H6ClNO5S/c1-5(11)7-3-2-6(10(12)13)4-8(7)16(9,14)15/h2-4H,1H3. The van der Waals surface area contributed by atoms with E-state index in [0.29, 0.717) is 0 Å². The molecule has 0 bridgehead atoms. The molecule has 0 aliphatic heterocycles. The Morgan fingerprint density at radius 1 is 1.44 bits per heavy atom. The highest BCUT2D eigenvalue weighted by molar-refractivity contribution is 8.13. The Morgan fingerprint density at radius 2 is 2.00 bits per heavy atom. The van der Waals surface area contributed by atoms with Gasteiger partial charge in [-0.25, -0.2) is 8.42 Å². The fourth-order valence-corrected chi connectivity index (χ4v) is 2.24. The molecule has 0 amide bonds. The van der Waals surface area contributed by atoms with Crippen molar-refractivity contribution in [3.8, 4) is 0 Å². The van der Waals surface area contributed by atoms with Crippen LogP contribution < -0.4 is 0 Å². The predicted octanol–water partition coefficient (Wildman–Crippen LogP) is 1.72. The van der Waals surface area contributed by atoms with Crippen molar-refractivity contribution in [2.24, 2.45) is 0 Å². The minimum atomic E-state index is -4.19. The molecule has 0 aliphatic carbocycles. The van der Waals surface area contributed by atoms with Crippen LogP contribution >= 0.6 is 10.7 Å². The van der Waals surface area contributed by atoms with Crippen molar-refractivity contribution in [2.45, 2.75) is 11.8 Å². The van der Waals surface area contributed by atoms with E-state index in [9.17, 15) is 23.3 Å². The van der Waals surface area contributed by atoms with Crippen LogP contribution in [-0.4, -0.2) is 19.1 Å². The summed E-state index contributed by atoms with van der Waals surface area (Å²) in [6, 6.07) is 2.87. The molecule has 1 aromatic carbocycles. The molecule has 16 heavy (non-hydrogen) atoms. The number of Topliss-reactive ketones (excluding diaryl/α,β-unsaturated/α-hetero) is 1. The first-order chi connectivity index (χ1) is 7.23. The van der Waals surface area contributed by atoms with E-state index >= 15 is 0 Å². The fraction of sp³-hybridized carbons (Fsp3) is 0.125. The molecule has 0 heterocycles. The first kappa shape index (κ1) is 12.6. The molecule has 0 saturated heterocycles. The van der Waals surface area contributed by atoms with E-state index in [4.69, 9.17) is 10.7 Å². The number of nitro benzene ring substituents is 1. The number of hydrogen-bond donors (Lipinski definition) is 0. The molecule has 0 saturated carbocycles. The number of nitro groups is 1. The Labute approximate surface area is 95.4 Å². The zero-order valence-electron chi connectivity index (χ0n) is 8.01. The molecule has 8 heteroatoms. The maximum Gasteiger partial charge on any atom is 0.270 e. The molecule has 1 rings (SSSR count). The highest BCUT2D eigenvalue weighted by Gasteiger charge is 2.22. The minimum Gasteiger partial charge on any atom is -0.294 e. The lowest BCUT2D eigenvalue weighted by molar-refractivity contribution is -0.385. The van der Waals surface area contributed by atoms with Crippen LogP contribution in [0.4, 0.5) is 5.69 Å². The zero-order valence-corrected chi connectivity index (χ0v) is 9.58. The average molecular weight is 264 g/mol. The second-order valence-corrected chi connectivity index (χ2v) is 5.47. The topological polar surface area (TPSA) is 94.3 Å². The van der Waals surface area contributed by atoms with Gasteiger partial charge >= 0.3 is 0 Å². The Hall–Kier alpha value is -1.47. The summed E-state index contributed by atoms with van der Waals surface area (Å²) >= 11 is 0. The van der Waals surface area contributed by atoms with Crippen LogP contribution in [0.3, 0.4) is 0 Å². The van der Waals surface area contributed by atoms with Gasteiger partial charge in [-0.1, -0.05) is 0 Å². The summed E-state index contributed by atoms with van der Waals surface area (Å²) in [7, 11) is 0.894. The second kappa shape index (κ2) is 4.18. The van der Waals surface area contributed by atoms with Gasteiger partial charge in [0.2, 0.25) is 0 Å². The maximum atomic E-state index is 11.1. The third kappa shape index (κ3) is 2.56. The fourth-order valence-electron chi connectivity index (χ4n) is 1.12. The molecular weight excluding hydrogens is 258 g/mol. The Balaban J connectivity index is 3.58. The predicted molar refractivity (Wildman–Crippen MR) is 56.1 cm³/mol. The summed E-state index contributed by atoms with van der Waals surface area (Å²) in [6.45, 7) is 1.15. The molecule has 0 radical (unpaired) electrons. The van der Waals surface area contributed by atoms with E-state index in [-0.39, 0.29) is 5.56 Å². The summed E-state index contributed by atoms with van der Waals surface area (Å²) in [5.41, 5.74) is -0.607. The van der Waals surface area contributed by atoms with E-state index in [0.717, 1.165) is 25.1 Å². The van der Waals surface area contributed by atoms with Crippen molar-refractivity contribution >= 4 is 31.2 Å². The van der Waals surface area contributed by atoms with E-state index in [1.54, 1.807) is 0 Å². The van der Waals surface area contributed by atoms with Crippen LogP contribution in [0.5, 0.6) is 0 Å². The van der Waals surface area contributed by atoms with Gasteiger partial charge in [0, 0.05) is 28.4 Å². The summed E-state index contributed by atoms with van der Waals surface area (Å²) in [4.78, 5) is 20.2. The van der Waals surface area contributed by atoms with E-state index in [1.165, 1.54) is 0 Å². The summed E-state index contributed by atoms with van der Waals surface area (Å²) < 4.78 is 22.2. The lowest BCUT2D eigenvalue weighted by atomic mass is 10.1. The SMILES string of the molecule is CC(=O)c1ccc([N+](=O)[O-])cc1S(=O)(=O)Cl. The van der Waals surface area contributed by atoms with Crippen molar-refractivity contribution in [1.29, 1.82) is 0 Å². The molecular formula is C8H6ClNO5S. The minimum absolute atomic E-state index is 0.166. The molecule has 0 fully saturated rings. The van der Waals surface area contributed by atoms with Crippen molar-refractivity contribution in [3.63, 3.8) is 0 Å². The first-order valence-electron chi connectivity index (χ1n) is 3.97. The third-order valence-electron chi connectivity index (χ3n) is 1.82. The monoisotopic (exact) mass is 263 g/mol. The van der Waals surface area contributed by atoms with Gasteiger partial charge in [0.1, 0.15) is 0 Å². The van der Waals surface area contributed by atoms with Gasteiger partial charge in [0.05, 0.1) is 9.82 Å². The first-order valence-corrected chi connectivity index (χ1v) is 6.28. The van der Waals surface area contributed by atoms with Gasteiger partial charge in [-0.15, -0.1) is 0 Å². The Kier molecular flexibility index (Phi) is 3.30. The Bertz CT molecular complexity index is 566. The van der Waals surface area contributed by atoms with Gasteiger partial charge in [0.25, 0.3) is 14.7 Å². The molecule has 86 valence electrons. The summed E-state index contributed by atoms with van der Waals surface area (Å²) in [5, 5.41) is 10.4.